The summed E-state index contributed by atoms with van der Waals surface area (Å²) in [7, 11) is 0. The minimum Gasteiger partial charge on any atom is -0.366 e. The third-order valence-electron chi connectivity index (χ3n) is 6.01. The van der Waals surface area contributed by atoms with Gasteiger partial charge in [-0.1, -0.05) is 19.8 Å². The Balaban J connectivity index is 1.81. The zero-order valence-electron chi connectivity index (χ0n) is 18.1. The van der Waals surface area contributed by atoms with Gasteiger partial charge in [-0.25, -0.2) is 18.3 Å². The molecule has 1 aliphatic heterocycles. The SMILES string of the molecule is CCc1cc(C(=O)N2CCCCCC2C)nc2c(F)c(-c3ccc(C(N)=O)cc3F)nn12. The van der Waals surface area contributed by atoms with Gasteiger partial charge in [-0.05, 0) is 50.5 Å². The summed E-state index contributed by atoms with van der Waals surface area (Å²) in [6, 6.07) is 5.22. The number of likely N-dealkylation sites (tertiary alicyclic amines) is 1. The van der Waals surface area contributed by atoms with E-state index in [4.69, 9.17) is 5.73 Å². The first-order chi connectivity index (χ1) is 15.3. The van der Waals surface area contributed by atoms with Gasteiger partial charge < -0.3 is 10.6 Å². The number of carbonyl (C=O) groups excluding carboxylic acids is 2. The van der Waals surface area contributed by atoms with E-state index in [1.165, 1.54) is 16.6 Å². The van der Waals surface area contributed by atoms with Crippen molar-refractivity contribution < 1.29 is 18.4 Å². The first-order valence-electron chi connectivity index (χ1n) is 10.8. The predicted molar refractivity (Wildman–Crippen MR) is 115 cm³/mol. The Morgan fingerprint density at radius 1 is 1.19 bits per heavy atom. The van der Waals surface area contributed by atoms with Crippen LogP contribution < -0.4 is 5.73 Å². The summed E-state index contributed by atoms with van der Waals surface area (Å²) >= 11 is 0. The molecule has 0 radical (unpaired) electrons. The molecule has 9 heteroatoms. The molecular weight excluding hydrogens is 416 g/mol. The number of aromatic nitrogens is 3. The molecule has 0 saturated carbocycles. The van der Waals surface area contributed by atoms with Gasteiger partial charge in [0.05, 0.1) is 0 Å². The van der Waals surface area contributed by atoms with Crippen LogP contribution in [-0.2, 0) is 6.42 Å². The average molecular weight is 441 g/mol. The molecule has 2 N–H and O–H groups in total. The highest BCUT2D eigenvalue weighted by atomic mass is 19.1. The zero-order chi connectivity index (χ0) is 23.0. The van der Waals surface area contributed by atoms with E-state index in [2.05, 4.69) is 10.1 Å². The van der Waals surface area contributed by atoms with Crippen LogP contribution in [0.4, 0.5) is 8.78 Å². The number of benzene rings is 1. The molecule has 168 valence electrons. The molecule has 2 aromatic heterocycles. The van der Waals surface area contributed by atoms with Gasteiger partial charge in [0.2, 0.25) is 5.91 Å². The number of primary amides is 1. The number of rotatable bonds is 4. The van der Waals surface area contributed by atoms with Crippen LogP contribution in [0.25, 0.3) is 16.9 Å². The van der Waals surface area contributed by atoms with Gasteiger partial charge in [0.15, 0.2) is 11.5 Å². The van der Waals surface area contributed by atoms with Crippen LogP contribution in [0.3, 0.4) is 0 Å². The highest BCUT2D eigenvalue weighted by molar-refractivity contribution is 5.94. The van der Waals surface area contributed by atoms with Gasteiger partial charge in [0.1, 0.15) is 17.2 Å². The number of nitrogens with zero attached hydrogens (tertiary/aromatic N) is 4. The lowest BCUT2D eigenvalue weighted by Gasteiger charge is -2.27. The third-order valence-corrected chi connectivity index (χ3v) is 6.01. The normalized spacial score (nSPS) is 16.9. The fraction of sp³-hybridized carbons (Fsp3) is 0.391. The summed E-state index contributed by atoms with van der Waals surface area (Å²) in [6.45, 7) is 4.51. The van der Waals surface area contributed by atoms with E-state index in [-0.39, 0.29) is 40.1 Å². The van der Waals surface area contributed by atoms with Crippen molar-refractivity contribution in [2.24, 2.45) is 5.73 Å². The highest BCUT2D eigenvalue weighted by Crippen LogP contribution is 2.28. The molecular formula is C23H25F2N5O2. The van der Waals surface area contributed by atoms with Crippen LogP contribution in [0, 0.1) is 11.6 Å². The Morgan fingerprint density at radius 3 is 2.66 bits per heavy atom. The van der Waals surface area contributed by atoms with Gasteiger partial charge in [-0.15, -0.1) is 0 Å². The number of halogens is 2. The Kier molecular flexibility index (Phi) is 5.90. The van der Waals surface area contributed by atoms with E-state index >= 15 is 4.39 Å². The van der Waals surface area contributed by atoms with E-state index in [0.717, 1.165) is 31.7 Å². The summed E-state index contributed by atoms with van der Waals surface area (Å²) < 4.78 is 31.3. The first kappa shape index (κ1) is 21.9. The molecule has 32 heavy (non-hydrogen) atoms. The standard InChI is InChI=1S/C23H25F2N5O2/c1-3-15-12-18(23(32)29-10-6-4-5-7-13(29)2)27-22-19(25)20(28-30(15)22)16-9-8-14(21(26)31)11-17(16)24/h8-9,11-13H,3-7,10H2,1-2H3,(H2,26,31). The fourth-order valence-electron chi connectivity index (χ4n) is 4.17. The van der Waals surface area contributed by atoms with Crippen molar-refractivity contribution >= 4 is 17.5 Å². The second kappa shape index (κ2) is 8.64. The number of hydrogen-bond acceptors (Lipinski definition) is 4. The monoisotopic (exact) mass is 441 g/mol. The van der Waals surface area contributed by atoms with Crippen molar-refractivity contribution in [3.8, 4) is 11.3 Å². The molecule has 1 aromatic carbocycles. The lowest BCUT2D eigenvalue weighted by atomic mass is 10.1. The molecule has 0 spiro atoms. The van der Waals surface area contributed by atoms with Crippen LogP contribution in [0.1, 0.15) is 66.1 Å². The number of amides is 2. The van der Waals surface area contributed by atoms with Crippen LogP contribution >= 0.6 is 0 Å². The van der Waals surface area contributed by atoms with E-state index < -0.39 is 17.5 Å². The van der Waals surface area contributed by atoms with E-state index in [1.54, 1.807) is 11.0 Å². The highest BCUT2D eigenvalue weighted by Gasteiger charge is 2.27. The predicted octanol–water partition coefficient (Wildman–Crippen LogP) is 3.74. The van der Waals surface area contributed by atoms with E-state index in [0.29, 0.717) is 18.7 Å². The molecule has 1 saturated heterocycles. The van der Waals surface area contributed by atoms with Gasteiger partial charge in [-0.3, -0.25) is 9.59 Å². The second-order valence-corrected chi connectivity index (χ2v) is 8.14. The van der Waals surface area contributed by atoms with Crippen LogP contribution in [0.2, 0.25) is 0 Å². The quantitative estimate of drug-likeness (QED) is 0.667. The maximum atomic E-state index is 15.4. The van der Waals surface area contributed by atoms with Crippen LogP contribution in [0.5, 0.6) is 0 Å². The van der Waals surface area contributed by atoms with Crippen LogP contribution in [-0.4, -0.2) is 43.9 Å². The summed E-state index contributed by atoms with van der Waals surface area (Å²) in [6.07, 6.45) is 4.45. The van der Waals surface area contributed by atoms with Gasteiger partial charge in [0.25, 0.3) is 5.91 Å². The van der Waals surface area contributed by atoms with Gasteiger partial charge in [0, 0.05) is 29.4 Å². The Bertz CT molecular complexity index is 1210. The van der Waals surface area contributed by atoms with Crippen LogP contribution in [0.15, 0.2) is 24.3 Å². The number of nitrogens with two attached hydrogens (primary N) is 1. The Labute approximate surface area is 184 Å². The molecule has 1 aliphatic rings. The van der Waals surface area contributed by atoms with Crippen molar-refractivity contribution in [3.05, 3.63) is 52.9 Å². The van der Waals surface area contributed by atoms with Gasteiger partial charge >= 0.3 is 0 Å². The van der Waals surface area contributed by atoms with Crippen molar-refractivity contribution in [1.29, 1.82) is 0 Å². The third kappa shape index (κ3) is 3.83. The lowest BCUT2D eigenvalue weighted by molar-refractivity contribution is 0.0691. The van der Waals surface area contributed by atoms with Crippen molar-refractivity contribution in [2.45, 2.75) is 52.0 Å². The number of hydrogen-bond donors (Lipinski definition) is 1. The first-order valence-corrected chi connectivity index (χ1v) is 10.8. The molecule has 3 heterocycles. The smallest absolute Gasteiger partial charge is 0.272 e. The summed E-state index contributed by atoms with van der Waals surface area (Å²) in [5.74, 6) is -2.68. The van der Waals surface area contributed by atoms with Crippen molar-refractivity contribution in [3.63, 3.8) is 0 Å². The fourth-order valence-corrected chi connectivity index (χ4v) is 4.17. The Morgan fingerprint density at radius 2 is 1.97 bits per heavy atom. The maximum Gasteiger partial charge on any atom is 0.272 e. The largest absolute Gasteiger partial charge is 0.366 e. The zero-order valence-corrected chi connectivity index (χ0v) is 18.1. The molecule has 1 atom stereocenters. The molecule has 7 nitrogen and oxygen atoms in total. The van der Waals surface area contributed by atoms with Gasteiger partial charge in [-0.2, -0.15) is 5.10 Å². The van der Waals surface area contributed by atoms with Crippen molar-refractivity contribution in [1.82, 2.24) is 19.5 Å². The Hall–Kier alpha value is -3.36. The molecule has 0 aliphatic carbocycles. The average Bonchev–Trinajstić information content (AvgIpc) is 2.95. The minimum atomic E-state index is -0.830. The van der Waals surface area contributed by atoms with E-state index in [9.17, 15) is 14.0 Å². The maximum absolute atomic E-state index is 15.4. The topological polar surface area (TPSA) is 93.6 Å². The summed E-state index contributed by atoms with van der Waals surface area (Å²) in [4.78, 5) is 30.6. The number of fused-ring (bicyclic) bond motifs is 1. The number of aryl methyl sites for hydroxylation is 1. The molecule has 4 rings (SSSR count). The summed E-state index contributed by atoms with van der Waals surface area (Å²) in [5, 5.41) is 4.23. The molecule has 1 unspecified atom stereocenters. The van der Waals surface area contributed by atoms with E-state index in [1.807, 2.05) is 13.8 Å². The summed E-state index contributed by atoms with van der Waals surface area (Å²) in [5.41, 5.74) is 5.40. The number of carbonyl (C=O) groups is 2. The molecule has 1 fully saturated rings. The molecule has 0 bridgehead atoms. The molecule has 3 aromatic rings. The minimum absolute atomic E-state index is 0.0257. The van der Waals surface area contributed by atoms with Crippen molar-refractivity contribution in [2.75, 3.05) is 6.54 Å². The molecule has 2 amide bonds. The lowest BCUT2D eigenvalue weighted by Crippen LogP contribution is -2.38. The second-order valence-electron chi connectivity index (χ2n) is 8.14.